The van der Waals surface area contributed by atoms with Gasteiger partial charge in [-0.25, -0.2) is 0 Å². The van der Waals surface area contributed by atoms with Crippen LogP contribution in [0.1, 0.15) is 41.5 Å². The summed E-state index contributed by atoms with van der Waals surface area (Å²) >= 11 is 0. The molecule has 0 fully saturated rings. The topological polar surface area (TPSA) is 9.23 Å². The molecule has 0 N–H and O–H groups in total. The van der Waals surface area contributed by atoms with Crippen molar-refractivity contribution in [1.29, 1.82) is 0 Å². The van der Waals surface area contributed by atoms with Gasteiger partial charge in [0.15, 0.2) is 8.32 Å². The second-order valence-corrected chi connectivity index (χ2v) is 11.3. The van der Waals surface area contributed by atoms with Crippen LogP contribution >= 0.6 is 0 Å². The van der Waals surface area contributed by atoms with E-state index < -0.39 is 8.32 Å². The van der Waals surface area contributed by atoms with Crippen LogP contribution in [0.3, 0.4) is 0 Å². The molecule has 0 saturated carbocycles. The van der Waals surface area contributed by atoms with Crippen molar-refractivity contribution in [2.24, 2.45) is 5.92 Å². The van der Waals surface area contributed by atoms with E-state index >= 15 is 0 Å². The number of rotatable bonds is 5. The van der Waals surface area contributed by atoms with Crippen molar-refractivity contribution in [1.82, 2.24) is 0 Å². The third-order valence-electron chi connectivity index (χ3n) is 3.69. The molecule has 0 rings (SSSR count). The van der Waals surface area contributed by atoms with Gasteiger partial charge in [-0.1, -0.05) is 52.0 Å². The maximum absolute atomic E-state index is 6.47. The first-order valence-corrected chi connectivity index (χ1v) is 9.40. The van der Waals surface area contributed by atoms with Crippen molar-refractivity contribution in [2.75, 3.05) is 0 Å². The van der Waals surface area contributed by atoms with Crippen LogP contribution in [0.5, 0.6) is 0 Å². The van der Waals surface area contributed by atoms with Gasteiger partial charge in [-0.2, -0.15) is 0 Å². The van der Waals surface area contributed by atoms with Crippen molar-refractivity contribution in [3.63, 3.8) is 0 Å². The zero-order valence-electron chi connectivity index (χ0n) is 12.9. The first-order chi connectivity index (χ1) is 7.53. The fraction of sp³-hybridized carbons (Fsp3) is 0.733. The lowest BCUT2D eigenvalue weighted by atomic mass is 9.99. The van der Waals surface area contributed by atoms with Gasteiger partial charge in [0.25, 0.3) is 0 Å². The number of hydrogen-bond acceptors (Lipinski definition) is 1. The third-order valence-corrected chi connectivity index (χ3v) is 8.14. The predicted molar refractivity (Wildman–Crippen MR) is 80.9 cm³/mol. The van der Waals surface area contributed by atoms with E-state index in [1.54, 1.807) is 0 Å². The van der Waals surface area contributed by atoms with E-state index in [0.29, 0.717) is 5.92 Å². The molecule has 2 heteroatoms. The van der Waals surface area contributed by atoms with Gasteiger partial charge in [-0.15, -0.1) is 0 Å². The second kappa shape index (κ2) is 6.01. The summed E-state index contributed by atoms with van der Waals surface area (Å²) in [5.74, 6) is 0.395. The predicted octanol–water partition coefficient (Wildman–Crippen LogP) is 5.17. The fourth-order valence-electron chi connectivity index (χ4n) is 1.56. The maximum Gasteiger partial charge on any atom is 0.192 e. The Morgan fingerprint density at radius 2 is 1.76 bits per heavy atom. The molecule has 0 aliphatic heterocycles. The summed E-state index contributed by atoms with van der Waals surface area (Å²) in [6.07, 6.45) is 4.44. The van der Waals surface area contributed by atoms with Crippen LogP contribution in [0.25, 0.3) is 0 Å². The molecule has 0 aromatic rings. The Kier molecular flexibility index (Phi) is 5.89. The fourth-order valence-corrected chi connectivity index (χ4v) is 2.96. The lowest BCUT2D eigenvalue weighted by molar-refractivity contribution is 0.179. The maximum atomic E-state index is 6.47. The Labute approximate surface area is 109 Å². The van der Waals surface area contributed by atoms with Gasteiger partial charge in [0.2, 0.25) is 0 Å². The molecule has 1 nitrogen and oxygen atoms in total. The Balaban J connectivity index is 4.96. The van der Waals surface area contributed by atoms with E-state index in [1.165, 1.54) is 0 Å². The van der Waals surface area contributed by atoms with Gasteiger partial charge < -0.3 is 4.43 Å². The molecule has 0 saturated heterocycles. The van der Waals surface area contributed by atoms with E-state index in [1.807, 2.05) is 0 Å². The zero-order chi connectivity index (χ0) is 13.9. The molecule has 0 aromatic carbocycles. The average Bonchev–Trinajstić information content (AvgIpc) is 2.12. The quantitative estimate of drug-likeness (QED) is 0.486. The van der Waals surface area contributed by atoms with E-state index in [9.17, 15) is 0 Å². The molecule has 2 atom stereocenters. The van der Waals surface area contributed by atoms with Crippen LogP contribution in [0.15, 0.2) is 24.3 Å². The average molecular weight is 254 g/mol. The summed E-state index contributed by atoms with van der Waals surface area (Å²) in [6, 6.07) is 0. The van der Waals surface area contributed by atoms with Gasteiger partial charge >= 0.3 is 0 Å². The van der Waals surface area contributed by atoms with Crippen molar-refractivity contribution >= 4 is 8.32 Å². The molecule has 0 aromatic heterocycles. The van der Waals surface area contributed by atoms with E-state index in [-0.39, 0.29) is 11.1 Å². The van der Waals surface area contributed by atoms with E-state index in [2.05, 4.69) is 73.4 Å². The Hall–Kier alpha value is -0.343. The Bertz CT molecular complexity index is 284. The molecule has 17 heavy (non-hydrogen) atoms. The highest BCUT2D eigenvalue weighted by atomic mass is 28.4. The largest absolute Gasteiger partial charge is 0.410 e. The molecule has 0 radical (unpaired) electrons. The molecule has 2 unspecified atom stereocenters. The third kappa shape index (κ3) is 4.80. The van der Waals surface area contributed by atoms with Crippen molar-refractivity contribution in [2.45, 2.75) is 65.8 Å². The number of allylic oxidation sites excluding steroid dienone is 1. The highest BCUT2D eigenvalue weighted by Crippen LogP contribution is 2.39. The molecule has 0 aliphatic rings. The molecule has 0 amide bonds. The van der Waals surface area contributed by atoms with Gasteiger partial charge in [0, 0.05) is 5.92 Å². The monoisotopic (exact) mass is 254 g/mol. The molecule has 0 aliphatic carbocycles. The second-order valence-electron chi connectivity index (χ2n) is 6.53. The van der Waals surface area contributed by atoms with Gasteiger partial charge in [-0.3, -0.25) is 0 Å². The summed E-state index contributed by atoms with van der Waals surface area (Å²) in [7, 11) is -1.72. The zero-order valence-corrected chi connectivity index (χ0v) is 13.9. The summed E-state index contributed by atoms with van der Waals surface area (Å²) in [4.78, 5) is 0. The summed E-state index contributed by atoms with van der Waals surface area (Å²) in [6.45, 7) is 21.8. The van der Waals surface area contributed by atoms with Crippen molar-refractivity contribution < 1.29 is 4.43 Å². The lowest BCUT2D eigenvalue weighted by Gasteiger charge is -2.40. The van der Waals surface area contributed by atoms with Crippen LogP contribution in [0.2, 0.25) is 18.1 Å². The van der Waals surface area contributed by atoms with Crippen LogP contribution in [-0.4, -0.2) is 14.4 Å². The SMILES string of the molecule is C=C(C)C(O[Si](C)(C)C(C)(C)C)C(C)/C=C/C. The van der Waals surface area contributed by atoms with E-state index in [4.69, 9.17) is 4.43 Å². The standard InChI is InChI=1S/C15H30OSi/c1-10-11-13(4)14(12(2)3)16-17(8,9)15(5,6)7/h10-11,13-14H,2H2,1,3-9H3/b11-10+. The van der Waals surface area contributed by atoms with E-state index in [0.717, 1.165) is 5.57 Å². The highest BCUT2D eigenvalue weighted by Gasteiger charge is 2.39. The molecule has 0 heterocycles. The summed E-state index contributed by atoms with van der Waals surface area (Å²) < 4.78 is 6.47. The van der Waals surface area contributed by atoms with Crippen LogP contribution in [-0.2, 0) is 4.43 Å². The van der Waals surface area contributed by atoms with Crippen molar-refractivity contribution in [3.05, 3.63) is 24.3 Å². The van der Waals surface area contributed by atoms with Gasteiger partial charge in [0.05, 0.1) is 6.10 Å². The minimum absolute atomic E-state index is 0.145. The normalized spacial score (nSPS) is 17.2. The Morgan fingerprint density at radius 1 is 1.29 bits per heavy atom. The molecular formula is C15H30OSi. The lowest BCUT2D eigenvalue weighted by Crippen LogP contribution is -2.45. The minimum Gasteiger partial charge on any atom is -0.410 e. The van der Waals surface area contributed by atoms with Crippen molar-refractivity contribution in [3.8, 4) is 0 Å². The van der Waals surface area contributed by atoms with Crippen LogP contribution < -0.4 is 0 Å². The van der Waals surface area contributed by atoms with Gasteiger partial charge in [-0.05, 0) is 32.0 Å². The first-order valence-electron chi connectivity index (χ1n) is 6.49. The minimum atomic E-state index is -1.72. The molecule has 0 bridgehead atoms. The molecular weight excluding hydrogens is 224 g/mol. The smallest absolute Gasteiger partial charge is 0.192 e. The summed E-state index contributed by atoms with van der Waals surface area (Å²) in [5, 5.41) is 0.246. The summed E-state index contributed by atoms with van der Waals surface area (Å²) in [5.41, 5.74) is 1.13. The molecule has 0 spiro atoms. The van der Waals surface area contributed by atoms with Gasteiger partial charge in [0.1, 0.15) is 0 Å². The van der Waals surface area contributed by atoms with Crippen LogP contribution in [0.4, 0.5) is 0 Å². The first kappa shape index (κ1) is 16.7. The number of hydrogen-bond donors (Lipinski definition) is 0. The highest BCUT2D eigenvalue weighted by molar-refractivity contribution is 6.74. The molecule has 100 valence electrons. The van der Waals surface area contributed by atoms with Crippen LogP contribution in [0, 0.1) is 5.92 Å². The Morgan fingerprint density at radius 3 is 2.06 bits per heavy atom.